The lowest BCUT2D eigenvalue weighted by Crippen LogP contribution is -2.54. The van der Waals surface area contributed by atoms with Gasteiger partial charge in [-0.15, -0.1) is 6.58 Å². The van der Waals surface area contributed by atoms with Gasteiger partial charge in [-0.25, -0.2) is 14.5 Å². The van der Waals surface area contributed by atoms with E-state index < -0.39 is 41.6 Å². The molecule has 0 bridgehead atoms. The first-order valence-electron chi connectivity index (χ1n) is 23.5. The lowest BCUT2D eigenvalue weighted by atomic mass is 10.0. The second kappa shape index (κ2) is 26.0. The number of nitrogens with one attached hydrogen (secondary N) is 2. The van der Waals surface area contributed by atoms with Gasteiger partial charge in [0.15, 0.2) is 11.6 Å². The Hall–Kier alpha value is -9.95. The number of rotatable bonds is 12. The molecular formula is C61H53N5O9. The normalized spacial score (nSPS) is 16.7. The second-order valence-corrected chi connectivity index (χ2v) is 17.1. The smallest absolute Gasteiger partial charge is 0.326 e. The predicted octanol–water partition coefficient (Wildman–Crippen LogP) is 9.41. The number of benzene rings is 5. The Balaban J connectivity index is 0.000000184. The highest BCUT2D eigenvalue weighted by molar-refractivity contribution is 6.37. The molecule has 3 aliphatic heterocycles. The number of urea groups is 2. The molecular weight excluding hydrogens is 947 g/mol. The summed E-state index contributed by atoms with van der Waals surface area (Å²) >= 11 is 0. The first kappa shape index (κ1) is 54.4. The van der Waals surface area contributed by atoms with Gasteiger partial charge in [-0.1, -0.05) is 170 Å². The van der Waals surface area contributed by atoms with Crippen LogP contribution >= 0.6 is 0 Å². The van der Waals surface area contributed by atoms with E-state index >= 15 is 0 Å². The minimum Gasteiger partial charge on any atom is -0.326 e. The zero-order valence-electron chi connectivity index (χ0n) is 41.5. The number of carbonyl (C=O) groups excluding carboxylic acids is 9. The molecule has 376 valence electrons. The van der Waals surface area contributed by atoms with Gasteiger partial charge in [0.25, 0.3) is 29.5 Å². The summed E-state index contributed by atoms with van der Waals surface area (Å²) < 4.78 is 0. The van der Waals surface area contributed by atoms with Gasteiger partial charge < -0.3 is 5.32 Å². The zero-order chi connectivity index (χ0) is 54.0. The number of anilines is 1. The number of nitrogens with zero attached hydrogens (tertiary/aromatic N) is 3. The number of barbiturate groups is 2. The summed E-state index contributed by atoms with van der Waals surface area (Å²) in [4.78, 5) is 112. The number of ketones is 2. The highest BCUT2D eigenvalue weighted by atomic mass is 16.2. The standard InChI is InChI=1S/C23H19NO3.C21H18N2O3.C17H16N2O3/c1-16-14-22(26)20(23(27)24-16)9-5-6-17-10-12-18(13-11-17)15-21(25)19-7-3-2-4-8-19;1-14-11-15(2)13-17(12-14)23-20(25)18(19(24)22-21(23)26)10-6-9-16-7-4-3-5-8-16;1-3-12-19-16(21)14(15(20)18(2)17(19)22)11-7-10-13-8-5-4-6-9-13/h2-13H,1,14-15H2,(H,24,27);3-13H,1-2H3,(H,22,24,26);3-11H,1,12H2,2H3/b6-5+,20-9+;9-6+,18-10+;10-7+,14-11-. The van der Waals surface area contributed by atoms with Crippen LogP contribution in [0.1, 0.15) is 50.2 Å². The van der Waals surface area contributed by atoms with Crippen molar-refractivity contribution in [3.63, 3.8) is 0 Å². The number of amides is 9. The lowest BCUT2D eigenvalue weighted by molar-refractivity contribution is -0.135. The molecule has 3 aliphatic rings. The number of Topliss-reactive ketones (excluding diaryl/α,β-unsaturated/α-hetero) is 2. The van der Waals surface area contributed by atoms with E-state index in [1.54, 1.807) is 48.6 Å². The lowest BCUT2D eigenvalue weighted by Gasteiger charge is -2.30. The van der Waals surface area contributed by atoms with Crippen LogP contribution in [-0.4, -0.2) is 76.6 Å². The molecule has 0 unspecified atom stereocenters. The predicted molar refractivity (Wildman–Crippen MR) is 289 cm³/mol. The number of likely N-dealkylation sites (N-methyl/N-ethyl adjacent to an activating group) is 1. The topological polar surface area (TPSA) is 187 Å². The van der Waals surface area contributed by atoms with Gasteiger partial charge in [0, 0.05) is 31.3 Å². The van der Waals surface area contributed by atoms with E-state index in [0.29, 0.717) is 23.4 Å². The molecule has 14 heteroatoms. The number of imide groups is 4. The molecule has 0 spiro atoms. The Labute approximate surface area is 434 Å². The molecule has 0 aromatic heterocycles. The molecule has 3 fully saturated rings. The van der Waals surface area contributed by atoms with Crippen LogP contribution in [0.4, 0.5) is 15.3 Å². The van der Waals surface area contributed by atoms with Crippen LogP contribution in [-0.2, 0) is 35.2 Å². The molecule has 0 radical (unpaired) electrons. The van der Waals surface area contributed by atoms with Crippen molar-refractivity contribution in [1.82, 2.24) is 20.4 Å². The third-order valence-electron chi connectivity index (χ3n) is 11.3. The van der Waals surface area contributed by atoms with E-state index in [1.165, 1.54) is 31.4 Å². The van der Waals surface area contributed by atoms with E-state index in [9.17, 15) is 43.2 Å². The Bertz CT molecular complexity index is 3210. The molecule has 75 heavy (non-hydrogen) atoms. The highest BCUT2D eigenvalue weighted by Gasteiger charge is 2.39. The largest absolute Gasteiger partial charge is 0.335 e. The van der Waals surface area contributed by atoms with Crippen LogP contribution in [0.25, 0.3) is 18.2 Å². The summed E-state index contributed by atoms with van der Waals surface area (Å²) in [6.07, 6.45) is 16.6. The van der Waals surface area contributed by atoms with Gasteiger partial charge in [0.1, 0.15) is 11.1 Å². The molecule has 0 aliphatic carbocycles. The molecule has 3 heterocycles. The van der Waals surface area contributed by atoms with Crippen molar-refractivity contribution in [2.45, 2.75) is 26.7 Å². The molecule has 0 saturated carbocycles. The minimum absolute atomic E-state index is 0.0452. The van der Waals surface area contributed by atoms with Gasteiger partial charge >= 0.3 is 12.1 Å². The van der Waals surface area contributed by atoms with Crippen LogP contribution in [0.5, 0.6) is 0 Å². The molecule has 2 N–H and O–H groups in total. The van der Waals surface area contributed by atoms with Crippen molar-refractivity contribution in [2.24, 2.45) is 0 Å². The van der Waals surface area contributed by atoms with E-state index in [4.69, 9.17) is 0 Å². The number of carbonyl (C=O) groups is 9. The minimum atomic E-state index is -0.741. The number of piperidine rings is 1. The van der Waals surface area contributed by atoms with Gasteiger partial charge in [-0.05, 0) is 77.6 Å². The van der Waals surface area contributed by atoms with Crippen molar-refractivity contribution in [2.75, 3.05) is 18.5 Å². The van der Waals surface area contributed by atoms with Crippen LogP contribution in [0, 0.1) is 13.8 Å². The summed E-state index contributed by atoms with van der Waals surface area (Å²) in [6.45, 7) is 10.9. The summed E-state index contributed by atoms with van der Waals surface area (Å²) in [5.74, 6) is -3.12. The molecule has 14 nitrogen and oxygen atoms in total. The van der Waals surface area contributed by atoms with E-state index in [0.717, 1.165) is 48.1 Å². The maximum absolute atomic E-state index is 12.8. The average Bonchev–Trinajstić information content (AvgIpc) is 3.39. The first-order valence-corrected chi connectivity index (χ1v) is 23.5. The average molecular weight is 1000 g/mol. The van der Waals surface area contributed by atoms with E-state index in [1.807, 2.05) is 135 Å². The summed E-state index contributed by atoms with van der Waals surface area (Å²) in [5.41, 5.74) is 7.14. The Morgan fingerprint density at radius 3 is 1.61 bits per heavy atom. The van der Waals surface area contributed by atoms with Crippen molar-refractivity contribution in [3.05, 3.63) is 251 Å². The quantitative estimate of drug-likeness (QED) is 0.0531. The zero-order valence-corrected chi connectivity index (χ0v) is 41.5. The molecule has 0 atom stereocenters. The van der Waals surface area contributed by atoms with Gasteiger partial charge in [-0.3, -0.25) is 48.7 Å². The maximum atomic E-state index is 12.8. The third kappa shape index (κ3) is 14.8. The number of hydrogen-bond donors (Lipinski definition) is 2. The molecule has 8 rings (SSSR count). The van der Waals surface area contributed by atoms with Crippen molar-refractivity contribution < 1.29 is 43.2 Å². The van der Waals surface area contributed by atoms with Gasteiger partial charge in [-0.2, -0.15) is 0 Å². The molecule has 5 aromatic rings. The number of aryl methyl sites for hydroxylation is 2. The second-order valence-electron chi connectivity index (χ2n) is 17.1. The first-order chi connectivity index (χ1) is 36.0. The van der Waals surface area contributed by atoms with Crippen molar-refractivity contribution in [1.29, 1.82) is 0 Å². The summed E-state index contributed by atoms with van der Waals surface area (Å²) in [6, 6.07) is 39.8. The van der Waals surface area contributed by atoms with Crippen molar-refractivity contribution >= 4 is 77.1 Å². The summed E-state index contributed by atoms with van der Waals surface area (Å²) in [5, 5.41) is 4.78. The van der Waals surface area contributed by atoms with Gasteiger partial charge in [0.05, 0.1) is 17.7 Å². The fourth-order valence-electron chi connectivity index (χ4n) is 7.61. The van der Waals surface area contributed by atoms with E-state index in [2.05, 4.69) is 23.8 Å². The van der Waals surface area contributed by atoms with E-state index in [-0.39, 0.29) is 41.3 Å². The monoisotopic (exact) mass is 999 g/mol. The van der Waals surface area contributed by atoms with Crippen molar-refractivity contribution in [3.8, 4) is 0 Å². The van der Waals surface area contributed by atoms with Crippen LogP contribution in [0.2, 0.25) is 0 Å². The van der Waals surface area contributed by atoms with Gasteiger partial charge in [0.2, 0.25) is 0 Å². The number of allylic oxidation sites excluding steroid dienone is 7. The fourth-order valence-corrected chi connectivity index (χ4v) is 7.61. The summed E-state index contributed by atoms with van der Waals surface area (Å²) in [7, 11) is 1.35. The Morgan fingerprint density at radius 2 is 1.08 bits per heavy atom. The highest BCUT2D eigenvalue weighted by Crippen LogP contribution is 2.24. The van der Waals surface area contributed by atoms with Crippen LogP contribution in [0.15, 0.2) is 212 Å². The SMILES string of the molecule is C=C1CC(=O)/C(=C\C=C\c2ccc(CC(=O)c3ccccc3)cc2)C(=O)N1.C=CCN1C(=O)/C(=C\C=C\c2ccccc2)C(=O)N(C)C1=O.Cc1cc(C)cc(N2C(=O)NC(=O)/C(=C\C=C\c3ccccc3)C2=O)c1. The maximum Gasteiger partial charge on any atom is 0.335 e. The fraction of sp³-hybridized carbons (Fsp3) is 0.0984. The molecule has 3 saturated heterocycles. The van der Waals surface area contributed by atoms with Crippen LogP contribution < -0.4 is 15.5 Å². The Morgan fingerprint density at radius 1 is 0.587 bits per heavy atom. The molecule has 9 amide bonds. The molecule has 5 aromatic carbocycles. The third-order valence-corrected chi connectivity index (χ3v) is 11.3. The van der Waals surface area contributed by atoms with Crippen LogP contribution in [0.3, 0.4) is 0 Å². The Kier molecular flexibility index (Phi) is 18.8. The number of hydrogen-bond acceptors (Lipinski definition) is 9.